The van der Waals surface area contributed by atoms with Crippen LogP contribution < -0.4 is 0 Å². The van der Waals surface area contributed by atoms with Crippen LogP contribution in [0.25, 0.3) is 0 Å². The predicted molar refractivity (Wildman–Crippen MR) is 57.9 cm³/mol. The minimum Gasteiger partial charge on any atom is -0.481 e. The van der Waals surface area contributed by atoms with Crippen LogP contribution >= 0.6 is 0 Å². The molecule has 0 aromatic carbocycles. The van der Waals surface area contributed by atoms with Crippen molar-refractivity contribution in [3.63, 3.8) is 0 Å². The molecular weight excluding hydrogens is 162 g/mol. The second kappa shape index (κ2) is 5.79. The molecule has 2 nitrogen and oxygen atoms in total. The topological polar surface area (TPSA) is 21.6 Å². The van der Waals surface area contributed by atoms with Gasteiger partial charge in [-0.15, -0.1) is 0 Å². The van der Waals surface area contributed by atoms with Gasteiger partial charge in [0.25, 0.3) is 0 Å². The van der Waals surface area contributed by atoms with Gasteiger partial charge in [-0.05, 0) is 24.3 Å². The van der Waals surface area contributed by atoms with Crippen molar-refractivity contribution in [2.24, 2.45) is 10.4 Å². The first-order valence-corrected chi connectivity index (χ1v) is 4.91. The molecule has 0 N–H and O–H groups in total. The molecule has 0 radical (unpaired) electrons. The number of hydrogen-bond donors (Lipinski definition) is 0. The fraction of sp³-hybridized carbons (Fsp3) is 0.727. The van der Waals surface area contributed by atoms with Crippen LogP contribution in [0.2, 0.25) is 0 Å². The van der Waals surface area contributed by atoms with Crippen LogP contribution in [0, 0.1) is 5.41 Å². The van der Waals surface area contributed by atoms with Gasteiger partial charge >= 0.3 is 0 Å². The lowest BCUT2D eigenvalue weighted by atomic mass is 9.87. The van der Waals surface area contributed by atoms with Crippen LogP contribution in [0.15, 0.2) is 17.0 Å². The average molecular weight is 183 g/mol. The standard InChI is InChI=1S/C9H15NO.C2H6/c1-9(2)5-4-8(11-3)10-7-6-9;1-2/h4,7H,5-6H2,1-3H3;1-2H3. The molecule has 1 heterocycles. The highest BCUT2D eigenvalue weighted by Gasteiger charge is 2.17. The Kier molecular flexibility index (Phi) is 5.44. The van der Waals surface area contributed by atoms with Crippen molar-refractivity contribution in [3.05, 3.63) is 12.0 Å². The summed E-state index contributed by atoms with van der Waals surface area (Å²) in [7, 11) is 1.65. The van der Waals surface area contributed by atoms with Crippen LogP contribution in [0.3, 0.4) is 0 Å². The summed E-state index contributed by atoms with van der Waals surface area (Å²) in [5, 5.41) is 0. The van der Waals surface area contributed by atoms with E-state index in [2.05, 4.69) is 18.8 Å². The van der Waals surface area contributed by atoms with E-state index in [0.717, 1.165) is 18.7 Å². The highest BCUT2D eigenvalue weighted by Crippen LogP contribution is 2.27. The molecule has 0 aromatic heterocycles. The number of allylic oxidation sites excluding steroid dienone is 1. The van der Waals surface area contributed by atoms with E-state index in [1.807, 2.05) is 26.1 Å². The quantitative estimate of drug-likeness (QED) is 0.610. The van der Waals surface area contributed by atoms with Gasteiger partial charge in [0.1, 0.15) is 0 Å². The van der Waals surface area contributed by atoms with E-state index in [1.54, 1.807) is 7.11 Å². The molecule has 0 spiro atoms. The van der Waals surface area contributed by atoms with Crippen molar-refractivity contribution < 1.29 is 4.74 Å². The van der Waals surface area contributed by atoms with Crippen molar-refractivity contribution in [2.45, 2.75) is 40.5 Å². The maximum Gasteiger partial charge on any atom is 0.208 e. The van der Waals surface area contributed by atoms with Gasteiger partial charge < -0.3 is 4.74 Å². The molecule has 0 saturated heterocycles. The monoisotopic (exact) mass is 183 g/mol. The Balaban J connectivity index is 0.000000671. The summed E-state index contributed by atoms with van der Waals surface area (Å²) >= 11 is 0. The summed E-state index contributed by atoms with van der Waals surface area (Å²) in [6.07, 6.45) is 6.04. The zero-order valence-electron chi connectivity index (χ0n) is 9.42. The molecule has 0 saturated carbocycles. The Morgan fingerprint density at radius 1 is 1.31 bits per heavy atom. The zero-order chi connectivity index (χ0) is 10.3. The highest BCUT2D eigenvalue weighted by atomic mass is 16.5. The third-order valence-corrected chi connectivity index (χ3v) is 1.90. The van der Waals surface area contributed by atoms with Crippen molar-refractivity contribution in [1.82, 2.24) is 0 Å². The Bertz CT molecular complexity index is 192. The molecule has 0 amide bonds. The molecule has 2 heteroatoms. The van der Waals surface area contributed by atoms with Gasteiger partial charge in [-0.2, -0.15) is 0 Å². The summed E-state index contributed by atoms with van der Waals surface area (Å²) in [6, 6.07) is 0. The zero-order valence-corrected chi connectivity index (χ0v) is 9.42. The number of nitrogens with zero attached hydrogens (tertiary/aromatic N) is 1. The Hall–Kier alpha value is -0.790. The minimum absolute atomic E-state index is 0.337. The third-order valence-electron chi connectivity index (χ3n) is 1.90. The van der Waals surface area contributed by atoms with E-state index in [1.165, 1.54) is 0 Å². The van der Waals surface area contributed by atoms with Gasteiger partial charge in [0.2, 0.25) is 5.88 Å². The molecule has 1 rings (SSSR count). The van der Waals surface area contributed by atoms with Crippen LogP contribution in [-0.4, -0.2) is 13.3 Å². The third kappa shape index (κ3) is 4.71. The Morgan fingerprint density at radius 2 is 1.92 bits per heavy atom. The van der Waals surface area contributed by atoms with Gasteiger partial charge in [0, 0.05) is 6.21 Å². The molecular formula is C11H21NO. The number of rotatable bonds is 1. The molecule has 1 aliphatic rings. The van der Waals surface area contributed by atoms with Crippen molar-refractivity contribution in [2.75, 3.05) is 7.11 Å². The number of ether oxygens (including phenoxy) is 1. The van der Waals surface area contributed by atoms with E-state index in [4.69, 9.17) is 4.74 Å². The van der Waals surface area contributed by atoms with Gasteiger partial charge in [-0.1, -0.05) is 27.7 Å². The summed E-state index contributed by atoms with van der Waals surface area (Å²) in [4.78, 5) is 4.15. The first kappa shape index (κ1) is 12.2. The summed E-state index contributed by atoms with van der Waals surface area (Å²) in [5.74, 6) is 0.746. The largest absolute Gasteiger partial charge is 0.481 e. The van der Waals surface area contributed by atoms with Crippen LogP contribution in [0.1, 0.15) is 40.5 Å². The van der Waals surface area contributed by atoms with Gasteiger partial charge in [0.15, 0.2) is 0 Å². The highest BCUT2D eigenvalue weighted by molar-refractivity contribution is 5.60. The average Bonchev–Trinajstić information content (AvgIpc) is 2.30. The molecule has 0 atom stereocenters. The Labute approximate surface area is 81.7 Å². The maximum absolute atomic E-state index is 5.03. The lowest BCUT2D eigenvalue weighted by Gasteiger charge is -2.18. The molecule has 0 fully saturated rings. The van der Waals surface area contributed by atoms with Gasteiger partial charge in [-0.3, -0.25) is 0 Å². The normalized spacial score (nSPS) is 19.3. The molecule has 0 aromatic rings. The SMILES string of the molecule is CC.COC1=CCC(C)(C)CC=N1. The second-order valence-electron chi connectivity index (χ2n) is 3.63. The molecule has 13 heavy (non-hydrogen) atoms. The van der Waals surface area contributed by atoms with E-state index < -0.39 is 0 Å². The maximum atomic E-state index is 5.03. The van der Waals surface area contributed by atoms with Crippen molar-refractivity contribution >= 4 is 6.21 Å². The first-order valence-electron chi connectivity index (χ1n) is 4.91. The van der Waals surface area contributed by atoms with E-state index >= 15 is 0 Å². The lowest BCUT2D eigenvalue weighted by molar-refractivity contribution is 0.285. The van der Waals surface area contributed by atoms with Crippen molar-refractivity contribution in [1.29, 1.82) is 0 Å². The van der Waals surface area contributed by atoms with Gasteiger partial charge in [0.05, 0.1) is 7.11 Å². The molecule has 76 valence electrons. The molecule has 1 aliphatic heterocycles. The Morgan fingerprint density at radius 3 is 2.46 bits per heavy atom. The predicted octanol–water partition coefficient (Wildman–Crippen LogP) is 3.39. The summed E-state index contributed by atoms with van der Waals surface area (Å²) in [6.45, 7) is 8.46. The fourth-order valence-electron chi connectivity index (χ4n) is 1.02. The van der Waals surface area contributed by atoms with Crippen LogP contribution in [0.5, 0.6) is 0 Å². The van der Waals surface area contributed by atoms with Gasteiger partial charge in [-0.25, -0.2) is 4.99 Å². The fourth-order valence-corrected chi connectivity index (χ4v) is 1.02. The van der Waals surface area contributed by atoms with Crippen LogP contribution in [0.4, 0.5) is 0 Å². The summed E-state index contributed by atoms with van der Waals surface area (Å²) < 4.78 is 5.03. The number of hydrogen-bond acceptors (Lipinski definition) is 2. The molecule has 0 bridgehead atoms. The smallest absolute Gasteiger partial charge is 0.208 e. The second-order valence-corrected chi connectivity index (χ2v) is 3.63. The molecule has 0 aliphatic carbocycles. The first-order chi connectivity index (χ1) is 6.14. The van der Waals surface area contributed by atoms with E-state index in [-0.39, 0.29) is 0 Å². The number of methoxy groups -OCH3 is 1. The molecule has 0 unspecified atom stereocenters. The van der Waals surface area contributed by atoms with Crippen molar-refractivity contribution in [3.8, 4) is 0 Å². The minimum atomic E-state index is 0.337. The van der Waals surface area contributed by atoms with E-state index in [0.29, 0.717) is 5.41 Å². The lowest BCUT2D eigenvalue weighted by Crippen LogP contribution is -2.08. The number of aliphatic imine (C=N–C) groups is 1. The summed E-state index contributed by atoms with van der Waals surface area (Å²) in [5.41, 5.74) is 0.337. The van der Waals surface area contributed by atoms with Crippen LogP contribution in [-0.2, 0) is 4.74 Å². The van der Waals surface area contributed by atoms with E-state index in [9.17, 15) is 0 Å².